The summed E-state index contributed by atoms with van der Waals surface area (Å²) in [5.74, 6) is -0.284. The van der Waals surface area contributed by atoms with Gasteiger partial charge in [0, 0.05) is 25.1 Å². The predicted molar refractivity (Wildman–Crippen MR) is 180 cm³/mol. The van der Waals surface area contributed by atoms with Crippen molar-refractivity contribution in [2.75, 3.05) is 18.0 Å². The monoisotopic (exact) mass is 639 g/mol. The van der Waals surface area contributed by atoms with Crippen molar-refractivity contribution in [1.29, 1.82) is 0 Å². The van der Waals surface area contributed by atoms with Gasteiger partial charge in [0.1, 0.15) is 18.3 Å². The predicted octanol–water partition coefficient (Wildman–Crippen LogP) is 5.90. The highest BCUT2D eigenvalue weighted by Gasteiger charge is 2.35. The Morgan fingerprint density at radius 3 is 2.15 bits per heavy atom. The van der Waals surface area contributed by atoms with Crippen molar-refractivity contribution >= 4 is 27.5 Å². The van der Waals surface area contributed by atoms with E-state index in [0.29, 0.717) is 5.75 Å². The summed E-state index contributed by atoms with van der Waals surface area (Å²) in [5.41, 5.74) is 3.09. The molecule has 0 radical (unpaired) electrons. The maximum atomic E-state index is 14.6. The number of hydrogen-bond donors (Lipinski definition) is 1. The summed E-state index contributed by atoms with van der Waals surface area (Å²) in [4.78, 5) is 30.3. The second-order valence-electron chi connectivity index (χ2n) is 11.7. The van der Waals surface area contributed by atoms with E-state index in [4.69, 9.17) is 4.74 Å². The van der Waals surface area contributed by atoms with E-state index in [1.807, 2.05) is 61.5 Å². The first-order chi connectivity index (χ1) is 22.2. The highest BCUT2D eigenvalue weighted by molar-refractivity contribution is 7.92. The van der Waals surface area contributed by atoms with Gasteiger partial charge >= 0.3 is 0 Å². The third-order valence-electron chi connectivity index (χ3n) is 8.40. The van der Waals surface area contributed by atoms with E-state index < -0.39 is 28.5 Å². The van der Waals surface area contributed by atoms with Gasteiger partial charge in [0.05, 0.1) is 17.7 Å². The zero-order valence-corrected chi connectivity index (χ0v) is 27.2. The van der Waals surface area contributed by atoms with Gasteiger partial charge in [-0.2, -0.15) is 0 Å². The highest BCUT2D eigenvalue weighted by Crippen LogP contribution is 2.28. The lowest BCUT2D eigenvalue weighted by Crippen LogP contribution is -2.54. The van der Waals surface area contributed by atoms with Crippen molar-refractivity contribution in [3.05, 3.63) is 126 Å². The van der Waals surface area contributed by atoms with Crippen LogP contribution in [0.5, 0.6) is 5.75 Å². The van der Waals surface area contributed by atoms with Crippen molar-refractivity contribution in [2.45, 2.75) is 62.6 Å². The Kier molecular flexibility index (Phi) is 10.8. The third kappa shape index (κ3) is 8.14. The lowest BCUT2D eigenvalue weighted by atomic mass is 10.0. The van der Waals surface area contributed by atoms with Crippen LogP contribution in [0.4, 0.5) is 5.69 Å². The zero-order chi connectivity index (χ0) is 32.5. The summed E-state index contributed by atoms with van der Waals surface area (Å²) in [6.45, 7) is 1.60. The SMILES string of the molecule is COc1cccc(N(CC(=O)N(Cc2ccc(C)cc2)[C@H](Cc2ccccc2)C(=O)NC2CCCC2)S(=O)(=O)c2ccccc2)c1. The summed E-state index contributed by atoms with van der Waals surface area (Å²) >= 11 is 0. The zero-order valence-electron chi connectivity index (χ0n) is 26.3. The Hall–Kier alpha value is -4.63. The molecule has 1 fully saturated rings. The van der Waals surface area contributed by atoms with Gasteiger partial charge in [-0.1, -0.05) is 97.3 Å². The van der Waals surface area contributed by atoms with E-state index in [9.17, 15) is 18.0 Å². The van der Waals surface area contributed by atoms with Gasteiger partial charge in [0.25, 0.3) is 10.0 Å². The number of rotatable bonds is 13. The molecule has 1 saturated carbocycles. The van der Waals surface area contributed by atoms with Crippen molar-refractivity contribution < 1.29 is 22.7 Å². The molecule has 8 nitrogen and oxygen atoms in total. The normalized spacial score (nSPS) is 14.0. The molecule has 46 heavy (non-hydrogen) atoms. The van der Waals surface area contributed by atoms with Crippen LogP contribution in [0.2, 0.25) is 0 Å². The van der Waals surface area contributed by atoms with Gasteiger partial charge < -0.3 is 15.0 Å². The molecule has 1 aliphatic carbocycles. The molecule has 4 aromatic carbocycles. The number of anilines is 1. The lowest BCUT2D eigenvalue weighted by molar-refractivity contribution is -0.140. The van der Waals surface area contributed by atoms with E-state index in [1.165, 1.54) is 24.1 Å². The molecule has 0 unspecified atom stereocenters. The number of carbonyl (C=O) groups is 2. The average molecular weight is 640 g/mol. The summed E-state index contributed by atoms with van der Waals surface area (Å²) in [5, 5.41) is 3.20. The average Bonchev–Trinajstić information content (AvgIpc) is 3.59. The fourth-order valence-corrected chi connectivity index (χ4v) is 7.25. The first kappa shape index (κ1) is 32.8. The van der Waals surface area contributed by atoms with Crippen LogP contribution in [0, 0.1) is 6.92 Å². The Bertz CT molecular complexity index is 1710. The molecule has 1 aliphatic rings. The van der Waals surface area contributed by atoms with Gasteiger partial charge in [-0.25, -0.2) is 8.42 Å². The largest absolute Gasteiger partial charge is 0.497 e. The Labute approximate surface area is 272 Å². The van der Waals surface area contributed by atoms with E-state index in [0.717, 1.165) is 46.7 Å². The number of ether oxygens (including phenoxy) is 1. The second kappa shape index (κ2) is 15.1. The number of methoxy groups -OCH3 is 1. The fraction of sp³-hybridized carbons (Fsp3) is 0.297. The molecule has 1 N–H and O–H groups in total. The van der Waals surface area contributed by atoms with E-state index in [1.54, 1.807) is 42.5 Å². The Balaban J connectivity index is 1.56. The van der Waals surface area contributed by atoms with Gasteiger partial charge in [-0.3, -0.25) is 13.9 Å². The van der Waals surface area contributed by atoms with E-state index in [2.05, 4.69) is 5.32 Å². The minimum Gasteiger partial charge on any atom is -0.497 e. The van der Waals surface area contributed by atoms with Crippen LogP contribution >= 0.6 is 0 Å². The van der Waals surface area contributed by atoms with Crippen molar-refractivity contribution in [3.8, 4) is 5.75 Å². The van der Waals surface area contributed by atoms with Crippen molar-refractivity contribution in [2.24, 2.45) is 0 Å². The smallest absolute Gasteiger partial charge is 0.264 e. The Morgan fingerprint density at radius 2 is 1.50 bits per heavy atom. The van der Waals surface area contributed by atoms with Crippen molar-refractivity contribution in [1.82, 2.24) is 10.2 Å². The molecule has 0 aromatic heterocycles. The molecule has 0 bridgehead atoms. The standard InChI is InChI=1S/C37H41N3O5S/c1-28-20-22-30(23-21-28)26-39(35(24-29-12-5-3-6-13-29)37(42)38-31-14-9-10-15-31)36(41)27-40(32-16-11-17-33(25-32)45-2)46(43,44)34-18-7-4-8-19-34/h3-8,11-13,16-23,25,31,35H,9-10,14-15,24,26-27H2,1-2H3,(H,38,42)/t35-/m1/s1. The minimum atomic E-state index is -4.18. The van der Waals surface area contributed by atoms with Crippen LogP contribution in [0.1, 0.15) is 42.4 Å². The summed E-state index contributed by atoms with van der Waals surface area (Å²) < 4.78 is 34.8. The maximum absolute atomic E-state index is 14.6. The number of aryl methyl sites for hydroxylation is 1. The molecule has 240 valence electrons. The molecular weight excluding hydrogens is 598 g/mol. The topological polar surface area (TPSA) is 96.0 Å². The third-order valence-corrected chi connectivity index (χ3v) is 10.2. The highest BCUT2D eigenvalue weighted by atomic mass is 32.2. The van der Waals surface area contributed by atoms with E-state index >= 15 is 0 Å². The van der Waals surface area contributed by atoms with Gasteiger partial charge in [0.15, 0.2) is 0 Å². The van der Waals surface area contributed by atoms with Crippen LogP contribution < -0.4 is 14.4 Å². The molecule has 9 heteroatoms. The maximum Gasteiger partial charge on any atom is 0.264 e. The van der Waals surface area contributed by atoms with Crippen LogP contribution in [0.15, 0.2) is 114 Å². The number of nitrogens with zero attached hydrogens (tertiary/aromatic N) is 2. The number of carbonyl (C=O) groups excluding carboxylic acids is 2. The van der Waals surface area contributed by atoms with Crippen LogP contribution in [-0.4, -0.2) is 50.9 Å². The van der Waals surface area contributed by atoms with E-state index in [-0.39, 0.29) is 35.5 Å². The van der Waals surface area contributed by atoms with Crippen LogP contribution in [0.3, 0.4) is 0 Å². The van der Waals surface area contributed by atoms with Crippen LogP contribution in [0.25, 0.3) is 0 Å². The molecule has 2 amide bonds. The molecule has 0 spiro atoms. The number of sulfonamides is 1. The molecule has 4 aromatic rings. The molecule has 0 saturated heterocycles. The van der Waals surface area contributed by atoms with Crippen LogP contribution in [-0.2, 0) is 32.6 Å². The first-order valence-corrected chi connectivity index (χ1v) is 17.1. The molecule has 0 aliphatic heterocycles. The summed E-state index contributed by atoms with van der Waals surface area (Å²) in [7, 11) is -2.68. The first-order valence-electron chi connectivity index (χ1n) is 15.7. The molecule has 5 rings (SSSR count). The second-order valence-corrected chi connectivity index (χ2v) is 13.6. The van der Waals surface area contributed by atoms with Gasteiger partial charge in [-0.15, -0.1) is 0 Å². The lowest BCUT2D eigenvalue weighted by Gasteiger charge is -2.34. The van der Waals surface area contributed by atoms with Gasteiger partial charge in [0.2, 0.25) is 11.8 Å². The summed E-state index contributed by atoms with van der Waals surface area (Å²) in [6.07, 6.45) is 4.17. The number of benzene rings is 4. The fourth-order valence-electron chi connectivity index (χ4n) is 5.83. The quantitative estimate of drug-likeness (QED) is 0.197. The molecule has 1 atom stereocenters. The Morgan fingerprint density at radius 1 is 0.848 bits per heavy atom. The van der Waals surface area contributed by atoms with Crippen molar-refractivity contribution in [3.63, 3.8) is 0 Å². The number of amides is 2. The molecular formula is C37H41N3O5S. The number of nitrogens with one attached hydrogen (secondary N) is 1. The number of hydrogen-bond acceptors (Lipinski definition) is 5. The van der Waals surface area contributed by atoms with Gasteiger partial charge in [-0.05, 0) is 55.2 Å². The minimum absolute atomic E-state index is 0.0499. The molecule has 0 heterocycles. The summed E-state index contributed by atoms with van der Waals surface area (Å²) in [6, 6.07) is 31.2.